The summed E-state index contributed by atoms with van der Waals surface area (Å²) in [6, 6.07) is 1.79. The topological polar surface area (TPSA) is 72.1 Å². The van der Waals surface area contributed by atoms with E-state index in [1.807, 2.05) is 20.8 Å². The van der Waals surface area contributed by atoms with Gasteiger partial charge in [0.25, 0.3) is 5.91 Å². The zero-order valence-corrected chi connectivity index (χ0v) is 12.5. The van der Waals surface area contributed by atoms with Crippen LogP contribution in [0.15, 0.2) is 6.07 Å². The summed E-state index contributed by atoms with van der Waals surface area (Å²) in [6.07, 6.45) is 1.22. The molecule has 19 heavy (non-hydrogen) atoms. The molecule has 0 atom stereocenters. The summed E-state index contributed by atoms with van der Waals surface area (Å²) in [7, 11) is 0. The number of thiocarbonyl (C=S) groups is 1. The standard InChI is InChI=1S/C13H20N4OS/c1-4-11-10(8-9(3)15-16-11)13(18)17(5-2)7-6-12(14)19/h8H,4-7H2,1-3H3,(H2,14,19). The van der Waals surface area contributed by atoms with Gasteiger partial charge in [0.05, 0.1) is 21.9 Å². The number of nitrogens with zero attached hydrogens (tertiary/aromatic N) is 3. The molecule has 1 aromatic rings. The minimum atomic E-state index is -0.0337. The molecule has 1 amide bonds. The van der Waals surface area contributed by atoms with Gasteiger partial charge in [-0.1, -0.05) is 19.1 Å². The van der Waals surface area contributed by atoms with Crippen LogP contribution in [0, 0.1) is 6.92 Å². The summed E-state index contributed by atoms with van der Waals surface area (Å²) >= 11 is 4.85. The highest BCUT2D eigenvalue weighted by molar-refractivity contribution is 7.80. The smallest absolute Gasteiger partial charge is 0.255 e. The molecule has 1 aromatic heterocycles. The molecule has 0 aromatic carbocycles. The van der Waals surface area contributed by atoms with E-state index < -0.39 is 0 Å². The van der Waals surface area contributed by atoms with Gasteiger partial charge in [0.2, 0.25) is 0 Å². The van der Waals surface area contributed by atoms with Crippen molar-refractivity contribution in [3.8, 4) is 0 Å². The predicted molar refractivity (Wildman–Crippen MR) is 79.1 cm³/mol. The van der Waals surface area contributed by atoms with Crippen LogP contribution >= 0.6 is 12.2 Å². The SMILES string of the molecule is CCc1nnc(C)cc1C(=O)N(CC)CCC(N)=S. The van der Waals surface area contributed by atoms with Crippen LogP contribution in [-0.4, -0.2) is 39.1 Å². The summed E-state index contributed by atoms with van der Waals surface area (Å²) in [5, 5.41) is 8.07. The Morgan fingerprint density at radius 3 is 2.63 bits per heavy atom. The monoisotopic (exact) mass is 280 g/mol. The Bertz CT molecular complexity index is 476. The number of carbonyl (C=O) groups excluding carboxylic acids is 1. The van der Waals surface area contributed by atoms with E-state index in [-0.39, 0.29) is 5.91 Å². The summed E-state index contributed by atoms with van der Waals surface area (Å²) in [4.78, 5) is 14.6. The van der Waals surface area contributed by atoms with Gasteiger partial charge in [-0.3, -0.25) is 4.79 Å². The minimum Gasteiger partial charge on any atom is -0.393 e. The second kappa shape index (κ2) is 7.13. The van der Waals surface area contributed by atoms with Gasteiger partial charge < -0.3 is 10.6 Å². The van der Waals surface area contributed by atoms with Crippen molar-refractivity contribution in [1.82, 2.24) is 15.1 Å². The van der Waals surface area contributed by atoms with Crippen molar-refractivity contribution in [2.24, 2.45) is 5.73 Å². The highest BCUT2D eigenvalue weighted by atomic mass is 32.1. The fraction of sp³-hybridized carbons (Fsp3) is 0.538. The van der Waals surface area contributed by atoms with Gasteiger partial charge in [-0.25, -0.2) is 0 Å². The molecule has 0 aliphatic carbocycles. The molecule has 1 heterocycles. The van der Waals surface area contributed by atoms with Crippen LogP contribution in [0.3, 0.4) is 0 Å². The van der Waals surface area contributed by atoms with E-state index >= 15 is 0 Å². The zero-order valence-electron chi connectivity index (χ0n) is 11.6. The Labute approximate surface area is 119 Å². The van der Waals surface area contributed by atoms with E-state index in [0.29, 0.717) is 36.5 Å². The van der Waals surface area contributed by atoms with Crippen molar-refractivity contribution in [2.75, 3.05) is 13.1 Å². The fourth-order valence-electron chi connectivity index (χ4n) is 1.78. The van der Waals surface area contributed by atoms with Gasteiger partial charge in [-0.2, -0.15) is 10.2 Å². The molecule has 0 bridgehead atoms. The lowest BCUT2D eigenvalue weighted by molar-refractivity contribution is 0.0767. The van der Waals surface area contributed by atoms with E-state index in [2.05, 4.69) is 10.2 Å². The largest absolute Gasteiger partial charge is 0.393 e. The molecule has 0 aliphatic rings. The third-order valence-electron chi connectivity index (χ3n) is 2.85. The average Bonchev–Trinajstić information content (AvgIpc) is 2.38. The average molecular weight is 280 g/mol. The second-order valence-corrected chi connectivity index (χ2v) is 4.83. The highest BCUT2D eigenvalue weighted by Gasteiger charge is 2.18. The van der Waals surface area contributed by atoms with Crippen LogP contribution in [0.2, 0.25) is 0 Å². The lowest BCUT2D eigenvalue weighted by atomic mass is 10.1. The maximum Gasteiger partial charge on any atom is 0.255 e. The van der Waals surface area contributed by atoms with Crippen molar-refractivity contribution >= 4 is 23.1 Å². The fourth-order valence-corrected chi connectivity index (χ4v) is 1.87. The van der Waals surface area contributed by atoms with Crippen LogP contribution < -0.4 is 5.73 Å². The molecule has 0 fully saturated rings. The molecular formula is C13H20N4OS. The van der Waals surface area contributed by atoms with Gasteiger partial charge in [0.15, 0.2) is 0 Å². The van der Waals surface area contributed by atoms with Crippen molar-refractivity contribution in [2.45, 2.75) is 33.6 Å². The van der Waals surface area contributed by atoms with Gasteiger partial charge >= 0.3 is 0 Å². The van der Waals surface area contributed by atoms with Gasteiger partial charge in [-0.05, 0) is 26.3 Å². The van der Waals surface area contributed by atoms with E-state index in [9.17, 15) is 4.79 Å². The molecule has 0 spiro atoms. The van der Waals surface area contributed by atoms with Crippen LogP contribution in [-0.2, 0) is 6.42 Å². The highest BCUT2D eigenvalue weighted by Crippen LogP contribution is 2.11. The normalized spacial score (nSPS) is 10.3. The first kappa shape index (κ1) is 15.5. The number of aryl methyl sites for hydroxylation is 2. The van der Waals surface area contributed by atoms with Crippen LogP contribution in [0.25, 0.3) is 0 Å². The first-order valence-electron chi connectivity index (χ1n) is 6.40. The molecule has 0 radical (unpaired) electrons. The Kier molecular flexibility index (Phi) is 5.82. The maximum atomic E-state index is 12.5. The van der Waals surface area contributed by atoms with Crippen LogP contribution in [0.5, 0.6) is 0 Å². The number of rotatable bonds is 6. The Hall–Kier alpha value is -1.56. The number of amides is 1. The van der Waals surface area contributed by atoms with Gasteiger partial charge in [0.1, 0.15) is 0 Å². The summed E-state index contributed by atoms with van der Waals surface area (Å²) in [6.45, 7) is 6.88. The predicted octanol–water partition coefficient (Wildman–Crippen LogP) is 1.49. The molecule has 6 heteroatoms. The summed E-state index contributed by atoms with van der Waals surface area (Å²) < 4.78 is 0. The third-order valence-corrected chi connectivity index (χ3v) is 3.06. The van der Waals surface area contributed by atoms with E-state index in [1.165, 1.54) is 0 Å². The van der Waals surface area contributed by atoms with Crippen molar-refractivity contribution in [3.63, 3.8) is 0 Å². The molecule has 104 valence electrons. The summed E-state index contributed by atoms with van der Waals surface area (Å²) in [5.41, 5.74) is 7.58. The van der Waals surface area contributed by atoms with E-state index in [1.54, 1.807) is 11.0 Å². The van der Waals surface area contributed by atoms with Crippen LogP contribution in [0.1, 0.15) is 42.0 Å². The number of nitrogens with two attached hydrogens (primary N) is 1. The molecule has 0 aliphatic heterocycles. The van der Waals surface area contributed by atoms with E-state index in [0.717, 1.165) is 11.4 Å². The summed E-state index contributed by atoms with van der Waals surface area (Å²) in [5.74, 6) is -0.0337. The molecule has 1 rings (SSSR count). The molecule has 2 N–H and O–H groups in total. The molecular weight excluding hydrogens is 260 g/mol. The number of hydrogen-bond acceptors (Lipinski definition) is 4. The molecule has 0 unspecified atom stereocenters. The van der Waals surface area contributed by atoms with Crippen molar-refractivity contribution in [1.29, 1.82) is 0 Å². The minimum absolute atomic E-state index is 0.0337. The first-order chi connectivity index (χ1) is 8.99. The van der Waals surface area contributed by atoms with Crippen LogP contribution in [0.4, 0.5) is 0 Å². The third kappa shape index (κ3) is 4.24. The number of carbonyl (C=O) groups is 1. The van der Waals surface area contributed by atoms with Gasteiger partial charge in [0, 0.05) is 19.5 Å². The molecule has 0 saturated heterocycles. The number of hydrogen-bond donors (Lipinski definition) is 1. The Morgan fingerprint density at radius 2 is 2.11 bits per heavy atom. The first-order valence-corrected chi connectivity index (χ1v) is 6.81. The second-order valence-electron chi connectivity index (χ2n) is 4.30. The van der Waals surface area contributed by atoms with Gasteiger partial charge in [-0.15, -0.1) is 0 Å². The Morgan fingerprint density at radius 1 is 1.42 bits per heavy atom. The van der Waals surface area contributed by atoms with E-state index in [4.69, 9.17) is 18.0 Å². The molecule has 5 nitrogen and oxygen atoms in total. The zero-order chi connectivity index (χ0) is 14.4. The quantitative estimate of drug-likeness (QED) is 0.799. The molecule has 0 saturated carbocycles. The Balaban J connectivity index is 2.96. The van der Waals surface area contributed by atoms with Crippen molar-refractivity contribution < 1.29 is 4.79 Å². The van der Waals surface area contributed by atoms with Crippen molar-refractivity contribution in [3.05, 3.63) is 23.0 Å². The lowest BCUT2D eigenvalue weighted by Gasteiger charge is -2.21. The lowest BCUT2D eigenvalue weighted by Crippen LogP contribution is -2.34. The number of aromatic nitrogens is 2. The maximum absolute atomic E-state index is 12.5.